The van der Waals surface area contributed by atoms with Gasteiger partial charge in [0.25, 0.3) is 0 Å². The van der Waals surface area contributed by atoms with Crippen molar-refractivity contribution in [3.63, 3.8) is 0 Å². The maximum Gasteiger partial charge on any atom is 0.191 e. The van der Waals surface area contributed by atoms with E-state index in [1.807, 2.05) is 18.2 Å². The van der Waals surface area contributed by atoms with Crippen LogP contribution < -0.4 is 15.4 Å². The second-order valence-electron chi connectivity index (χ2n) is 5.91. The van der Waals surface area contributed by atoms with Crippen molar-refractivity contribution in [3.05, 3.63) is 53.7 Å². The Morgan fingerprint density at radius 1 is 1.38 bits per heavy atom. The molecule has 0 spiro atoms. The molecule has 1 aliphatic carbocycles. The Hall–Kier alpha value is -2.50. The van der Waals surface area contributed by atoms with Crippen LogP contribution in [0.5, 0.6) is 5.75 Å². The van der Waals surface area contributed by atoms with Crippen LogP contribution in [0.25, 0.3) is 0 Å². The Balaban J connectivity index is 1.48. The van der Waals surface area contributed by atoms with Gasteiger partial charge < -0.3 is 19.8 Å². The molecule has 0 saturated heterocycles. The molecular weight excluding hydrogens is 309 g/mol. The lowest BCUT2D eigenvalue weighted by Crippen LogP contribution is -2.48. The van der Waals surface area contributed by atoms with Gasteiger partial charge in [-0.15, -0.1) is 0 Å². The molecular formula is C18H22FN3O2. The molecule has 6 heteroatoms. The normalized spacial score (nSPS) is 20.4. The maximum atomic E-state index is 13.8. The molecule has 1 saturated carbocycles. The number of halogens is 1. The Bertz CT molecular complexity index is 694. The van der Waals surface area contributed by atoms with Gasteiger partial charge in [-0.1, -0.05) is 6.07 Å². The van der Waals surface area contributed by atoms with E-state index in [9.17, 15) is 4.39 Å². The quantitative estimate of drug-likeness (QED) is 0.653. The van der Waals surface area contributed by atoms with E-state index >= 15 is 0 Å². The molecule has 1 fully saturated rings. The number of nitrogens with one attached hydrogen (secondary N) is 2. The fraction of sp³-hybridized carbons (Fsp3) is 0.389. The number of methoxy groups -OCH3 is 1. The molecule has 0 radical (unpaired) electrons. The Labute approximate surface area is 140 Å². The summed E-state index contributed by atoms with van der Waals surface area (Å²) in [7, 11) is 3.22. The number of nitrogens with zero attached hydrogens (tertiary/aromatic N) is 1. The predicted octanol–water partition coefficient (Wildman–Crippen LogP) is 3.04. The molecule has 5 nitrogen and oxygen atoms in total. The van der Waals surface area contributed by atoms with E-state index in [4.69, 9.17) is 9.15 Å². The fourth-order valence-corrected chi connectivity index (χ4v) is 2.92. The minimum atomic E-state index is -0.303. The molecule has 2 N–H and O–H groups in total. The number of aliphatic imine (C=N–C) groups is 1. The van der Waals surface area contributed by atoms with Crippen molar-refractivity contribution in [2.24, 2.45) is 4.99 Å². The van der Waals surface area contributed by atoms with Crippen molar-refractivity contribution in [3.8, 4) is 5.75 Å². The third-order valence-electron chi connectivity index (χ3n) is 4.36. The minimum absolute atomic E-state index is 0.287. The van der Waals surface area contributed by atoms with Gasteiger partial charge in [0.05, 0.1) is 19.9 Å². The molecule has 3 rings (SSSR count). The number of rotatable bonds is 5. The van der Waals surface area contributed by atoms with Crippen LogP contribution in [-0.2, 0) is 6.54 Å². The SMILES string of the molecule is CN=C(NCc1ccco1)NC1CC(c2ccc(OC)c(F)c2)C1. The van der Waals surface area contributed by atoms with Crippen LogP contribution in [0.1, 0.15) is 30.1 Å². The number of guanidine groups is 1. The van der Waals surface area contributed by atoms with Gasteiger partial charge in [0.1, 0.15) is 5.76 Å². The highest BCUT2D eigenvalue weighted by Crippen LogP contribution is 2.38. The van der Waals surface area contributed by atoms with Gasteiger partial charge in [0, 0.05) is 13.1 Å². The van der Waals surface area contributed by atoms with E-state index in [0.717, 1.165) is 30.1 Å². The van der Waals surface area contributed by atoms with Crippen molar-refractivity contribution in [1.82, 2.24) is 10.6 Å². The Morgan fingerprint density at radius 3 is 2.83 bits per heavy atom. The van der Waals surface area contributed by atoms with Crippen molar-refractivity contribution in [1.29, 1.82) is 0 Å². The molecule has 0 atom stereocenters. The topological polar surface area (TPSA) is 58.8 Å². The first kappa shape index (κ1) is 16.4. The zero-order chi connectivity index (χ0) is 16.9. The number of benzene rings is 1. The van der Waals surface area contributed by atoms with Gasteiger partial charge in [-0.2, -0.15) is 0 Å². The molecule has 24 heavy (non-hydrogen) atoms. The van der Waals surface area contributed by atoms with Crippen LogP contribution in [0.3, 0.4) is 0 Å². The van der Waals surface area contributed by atoms with Crippen molar-refractivity contribution in [2.45, 2.75) is 31.3 Å². The molecule has 128 valence electrons. The van der Waals surface area contributed by atoms with Crippen LogP contribution in [0.4, 0.5) is 4.39 Å². The van der Waals surface area contributed by atoms with Crippen LogP contribution in [0, 0.1) is 5.82 Å². The maximum absolute atomic E-state index is 13.8. The van der Waals surface area contributed by atoms with Gasteiger partial charge in [0.15, 0.2) is 17.5 Å². The van der Waals surface area contributed by atoms with Crippen molar-refractivity contribution in [2.75, 3.05) is 14.2 Å². The molecule has 1 aromatic carbocycles. The summed E-state index contributed by atoms with van der Waals surface area (Å²) < 4.78 is 24.0. The third kappa shape index (κ3) is 3.69. The van der Waals surface area contributed by atoms with Crippen molar-refractivity contribution < 1.29 is 13.5 Å². The first-order valence-corrected chi connectivity index (χ1v) is 8.02. The lowest BCUT2D eigenvalue weighted by Gasteiger charge is -2.37. The highest BCUT2D eigenvalue weighted by atomic mass is 19.1. The van der Waals surface area contributed by atoms with Crippen LogP contribution >= 0.6 is 0 Å². The van der Waals surface area contributed by atoms with Gasteiger partial charge in [-0.05, 0) is 48.6 Å². The lowest BCUT2D eigenvalue weighted by molar-refractivity contribution is 0.319. The average molecular weight is 331 g/mol. The number of furan rings is 1. The van der Waals surface area contributed by atoms with Gasteiger partial charge in [0.2, 0.25) is 0 Å². The molecule has 1 aliphatic rings. The fourth-order valence-electron chi connectivity index (χ4n) is 2.92. The summed E-state index contributed by atoms with van der Waals surface area (Å²) in [6.45, 7) is 0.590. The average Bonchev–Trinajstić information content (AvgIpc) is 3.06. The summed E-state index contributed by atoms with van der Waals surface area (Å²) in [5.74, 6) is 1.96. The summed E-state index contributed by atoms with van der Waals surface area (Å²) in [6.07, 6.45) is 3.55. The molecule has 2 aromatic rings. The van der Waals surface area contributed by atoms with E-state index in [2.05, 4.69) is 15.6 Å². The molecule has 0 amide bonds. The van der Waals surface area contributed by atoms with E-state index in [1.54, 1.807) is 25.4 Å². The summed E-state index contributed by atoms with van der Waals surface area (Å²) in [6, 6.07) is 9.31. The second kappa shape index (κ2) is 7.38. The number of ether oxygens (including phenoxy) is 1. The number of hydrogen-bond donors (Lipinski definition) is 2. The minimum Gasteiger partial charge on any atom is -0.494 e. The Morgan fingerprint density at radius 2 is 2.21 bits per heavy atom. The first-order chi connectivity index (χ1) is 11.7. The smallest absolute Gasteiger partial charge is 0.191 e. The number of hydrogen-bond acceptors (Lipinski definition) is 3. The zero-order valence-corrected chi connectivity index (χ0v) is 13.9. The monoisotopic (exact) mass is 331 g/mol. The lowest BCUT2D eigenvalue weighted by atomic mass is 9.76. The van der Waals surface area contributed by atoms with Crippen LogP contribution in [0.2, 0.25) is 0 Å². The molecule has 1 aromatic heterocycles. The highest BCUT2D eigenvalue weighted by molar-refractivity contribution is 5.80. The van der Waals surface area contributed by atoms with E-state index in [0.29, 0.717) is 18.5 Å². The molecule has 1 heterocycles. The van der Waals surface area contributed by atoms with Crippen LogP contribution in [0.15, 0.2) is 46.0 Å². The third-order valence-corrected chi connectivity index (χ3v) is 4.36. The molecule has 0 unspecified atom stereocenters. The summed E-state index contributed by atoms with van der Waals surface area (Å²) in [5.41, 5.74) is 1.02. The van der Waals surface area contributed by atoms with Gasteiger partial charge >= 0.3 is 0 Å². The van der Waals surface area contributed by atoms with Crippen LogP contribution in [-0.4, -0.2) is 26.2 Å². The van der Waals surface area contributed by atoms with E-state index in [-0.39, 0.29) is 11.6 Å². The first-order valence-electron chi connectivity index (χ1n) is 8.02. The highest BCUT2D eigenvalue weighted by Gasteiger charge is 2.31. The van der Waals surface area contributed by atoms with E-state index < -0.39 is 0 Å². The summed E-state index contributed by atoms with van der Waals surface area (Å²) >= 11 is 0. The summed E-state index contributed by atoms with van der Waals surface area (Å²) in [4.78, 5) is 4.22. The van der Waals surface area contributed by atoms with Gasteiger partial charge in [-0.25, -0.2) is 4.39 Å². The largest absolute Gasteiger partial charge is 0.494 e. The standard InChI is InChI=1S/C18H22FN3O2/c1-20-18(21-11-15-4-3-7-24-15)22-14-8-13(9-14)12-5-6-17(23-2)16(19)10-12/h3-7,10,13-14H,8-9,11H2,1-2H3,(H2,20,21,22). The molecule has 0 aliphatic heterocycles. The van der Waals surface area contributed by atoms with Crippen molar-refractivity contribution >= 4 is 5.96 Å². The molecule has 0 bridgehead atoms. The predicted molar refractivity (Wildman–Crippen MR) is 90.8 cm³/mol. The van der Waals surface area contributed by atoms with Gasteiger partial charge in [-0.3, -0.25) is 4.99 Å². The Kier molecular flexibility index (Phi) is 5.03. The zero-order valence-electron chi connectivity index (χ0n) is 13.9. The summed E-state index contributed by atoms with van der Waals surface area (Å²) in [5, 5.41) is 6.60. The second-order valence-corrected chi connectivity index (χ2v) is 5.91. The van der Waals surface area contributed by atoms with E-state index in [1.165, 1.54) is 7.11 Å².